The molecule has 2 fully saturated rings. The number of hydrogen-bond acceptors (Lipinski definition) is 12. The monoisotopic (exact) mass is 780 g/mol. The third-order valence-corrected chi connectivity index (χ3v) is 14.5. The van der Waals surface area contributed by atoms with Gasteiger partial charge in [0.1, 0.15) is 0 Å². The summed E-state index contributed by atoms with van der Waals surface area (Å²) in [5.74, 6) is 5.74. The summed E-state index contributed by atoms with van der Waals surface area (Å²) in [4.78, 5) is 31.5. The topological polar surface area (TPSA) is 130 Å². The van der Waals surface area contributed by atoms with Gasteiger partial charge in [0.15, 0.2) is 23.0 Å². The highest BCUT2D eigenvalue weighted by atomic mass is 32.2. The Morgan fingerprint density at radius 1 is 0.667 bits per heavy atom. The van der Waals surface area contributed by atoms with E-state index in [0.29, 0.717) is 74.3 Å². The average molecular weight is 781 g/mol. The number of methoxy groups -OCH3 is 2. The second kappa shape index (κ2) is 20.7. The summed E-state index contributed by atoms with van der Waals surface area (Å²) in [7, 11) is 3.11. The number of anilines is 2. The van der Waals surface area contributed by atoms with Crippen LogP contribution in [0.1, 0.15) is 80.5 Å². The molecule has 4 rings (SSSR count). The molecule has 2 saturated heterocycles. The van der Waals surface area contributed by atoms with Gasteiger partial charge in [-0.2, -0.15) is 0 Å². The molecule has 0 aromatic heterocycles. The lowest BCUT2D eigenvalue weighted by atomic mass is 10.1. The van der Waals surface area contributed by atoms with E-state index in [0.717, 1.165) is 61.8 Å². The first-order valence-corrected chi connectivity index (χ1v) is 22.2. The molecular weight excluding hydrogens is 725 g/mol. The van der Waals surface area contributed by atoms with Crippen LogP contribution in [0.15, 0.2) is 24.3 Å². The van der Waals surface area contributed by atoms with E-state index >= 15 is 0 Å². The Kier molecular flexibility index (Phi) is 16.8. The van der Waals surface area contributed by atoms with E-state index in [-0.39, 0.29) is 23.9 Å². The Morgan fingerprint density at radius 3 is 1.37 bits per heavy atom. The summed E-state index contributed by atoms with van der Waals surface area (Å²) >= 11 is 7.62. The number of benzene rings is 2. The fraction of sp³-hybridized carbons (Fsp3) is 0.622. The number of thioether (sulfide) groups is 4. The second-order valence-corrected chi connectivity index (χ2v) is 18.5. The van der Waals surface area contributed by atoms with Gasteiger partial charge in [-0.25, -0.2) is 0 Å². The summed E-state index contributed by atoms with van der Waals surface area (Å²) in [5.41, 5.74) is 14.5. The molecule has 0 radical (unpaired) electrons. The van der Waals surface area contributed by atoms with Crippen molar-refractivity contribution in [3.05, 3.63) is 35.4 Å². The van der Waals surface area contributed by atoms with Crippen LogP contribution in [0.3, 0.4) is 0 Å². The van der Waals surface area contributed by atoms with Gasteiger partial charge in [-0.3, -0.25) is 9.59 Å². The molecule has 284 valence electrons. The van der Waals surface area contributed by atoms with Gasteiger partial charge < -0.3 is 40.2 Å². The highest BCUT2D eigenvalue weighted by molar-refractivity contribution is 8.17. The lowest BCUT2D eigenvalue weighted by molar-refractivity contribution is 0.0738. The zero-order valence-corrected chi connectivity index (χ0v) is 34.2. The van der Waals surface area contributed by atoms with Crippen LogP contribution in [-0.4, -0.2) is 106 Å². The van der Waals surface area contributed by atoms with Crippen LogP contribution in [-0.2, 0) is 0 Å². The van der Waals surface area contributed by atoms with Gasteiger partial charge in [-0.15, -0.1) is 47.0 Å². The first kappa shape index (κ1) is 41.3. The minimum absolute atomic E-state index is 0.0666. The zero-order chi connectivity index (χ0) is 36.9. The van der Waals surface area contributed by atoms with Crippen molar-refractivity contribution in [1.82, 2.24) is 9.80 Å². The molecule has 2 aromatic carbocycles. The maximum atomic E-state index is 13.8. The number of ether oxygens (including phenoxy) is 4. The molecule has 51 heavy (non-hydrogen) atoms. The van der Waals surface area contributed by atoms with Gasteiger partial charge in [0.25, 0.3) is 11.8 Å². The first-order chi connectivity index (χ1) is 24.7. The van der Waals surface area contributed by atoms with Crippen molar-refractivity contribution < 1.29 is 28.5 Å². The number of nitrogens with two attached hydrogens (primary N) is 2. The Hall–Kier alpha value is -2.42. The number of likely N-dealkylation sites (tertiary alicyclic amines) is 2. The molecule has 2 aliphatic heterocycles. The lowest BCUT2D eigenvalue weighted by Gasteiger charge is -2.31. The number of nitrogens with zero attached hydrogens (tertiary/aromatic N) is 2. The van der Waals surface area contributed by atoms with Crippen molar-refractivity contribution in [2.24, 2.45) is 0 Å². The van der Waals surface area contributed by atoms with E-state index < -0.39 is 0 Å². The SMILES string of the molecule is CCSC(SCC)[C@@H]1CCCN1C(=O)c1cc(OC)c(OCCCOc2cc(N)c(C(=O)N3CCC[C@H]3C(SCC)SCC)cc2OC)cc1N. The van der Waals surface area contributed by atoms with Crippen LogP contribution in [0.2, 0.25) is 0 Å². The molecule has 0 aliphatic carbocycles. The predicted molar refractivity (Wildman–Crippen MR) is 219 cm³/mol. The minimum atomic E-state index is -0.0666. The van der Waals surface area contributed by atoms with E-state index in [1.165, 1.54) is 0 Å². The summed E-state index contributed by atoms with van der Waals surface area (Å²) < 4.78 is 24.1. The molecule has 2 heterocycles. The van der Waals surface area contributed by atoms with Crippen molar-refractivity contribution in [2.75, 3.05) is 75.0 Å². The molecular formula is C37H56N4O6S4. The number of hydrogen-bond donors (Lipinski definition) is 2. The summed E-state index contributed by atoms with van der Waals surface area (Å²) in [6.07, 6.45) is 4.49. The van der Waals surface area contributed by atoms with Crippen LogP contribution >= 0.6 is 47.0 Å². The highest BCUT2D eigenvalue weighted by Crippen LogP contribution is 2.40. The zero-order valence-electron chi connectivity index (χ0n) is 30.9. The quantitative estimate of drug-likeness (QED) is 0.0781. The molecule has 0 saturated carbocycles. The van der Waals surface area contributed by atoms with Crippen LogP contribution in [0.5, 0.6) is 23.0 Å². The maximum Gasteiger partial charge on any atom is 0.256 e. The van der Waals surface area contributed by atoms with Gasteiger partial charge >= 0.3 is 0 Å². The second-order valence-electron chi connectivity index (χ2n) is 12.2. The molecule has 4 N–H and O–H groups in total. The van der Waals surface area contributed by atoms with Crippen molar-refractivity contribution in [1.29, 1.82) is 0 Å². The molecule has 2 aliphatic rings. The van der Waals surface area contributed by atoms with E-state index in [4.69, 9.17) is 30.4 Å². The van der Waals surface area contributed by atoms with Crippen molar-refractivity contribution in [3.8, 4) is 23.0 Å². The standard InChI is InChI=1S/C37H56N4O6S4/c1-7-48-36(49-8-2)28-14-11-16-40(28)34(42)24-20-30(44-5)32(22-26(24)38)46-18-13-19-47-33-23-27(39)25(21-31(33)45-6)35(43)41-17-12-15-29(41)37(50-9-3)51-10-4/h20-23,28-29,36-37H,7-19,38-39H2,1-6H3/t28-,29-/m0/s1. The smallest absolute Gasteiger partial charge is 0.256 e. The molecule has 2 aromatic rings. The molecule has 10 nitrogen and oxygen atoms in total. The fourth-order valence-electron chi connectivity index (χ4n) is 6.65. The Bertz CT molecular complexity index is 1330. The van der Waals surface area contributed by atoms with Crippen molar-refractivity contribution in [3.63, 3.8) is 0 Å². The molecule has 2 amide bonds. The third kappa shape index (κ3) is 10.4. The number of amides is 2. The van der Waals surface area contributed by atoms with Crippen LogP contribution in [0.25, 0.3) is 0 Å². The summed E-state index contributed by atoms with van der Waals surface area (Å²) in [6, 6.07) is 7.07. The van der Waals surface area contributed by atoms with E-state index in [2.05, 4.69) is 27.7 Å². The normalized spacial score (nSPS) is 17.4. The highest BCUT2D eigenvalue weighted by Gasteiger charge is 2.37. The minimum Gasteiger partial charge on any atom is -0.493 e. The Labute approximate surface area is 321 Å². The third-order valence-electron chi connectivity index (χ3n) is 9.01. The number of nitrogen functional groups attached to an aromatic ring is 2. The summed E-state index contributed by atoms with van der Waals surface area (Å²) in [6.45, 7) is 10.7. The Balaban J connectivity index is 1.36. The molecule has 0 bridgehead atoms. The van der Waals surface area contributed by atoms with Crippen LogP contribution < -0.4 is 30.4 Å². The molecule has 2 atom stereocenters. The van der Waals surface area contributed by atoms with Crippen LogP contribution in [0.4, 0.5) is 11.4 Å². The predicted octanol–water partition coefficient (Wildman–Crippen LogP) is 7.59. The lowest BCUT2D eigenvalue weighted by Crippen LogP contribution is -2.41. The van der Waals surface area contributed by atoms with Crippen LogP contribution in [0, 0.1) is 0 Å². The van der Waals surface area contributed by atoms with Gasteiger partial charge in [0.05, 0.1) is 59.8 Å². The van der Waals surface area contributed by atoms with Crippen molar-refractivity contribution in [2.45, 2.75) is 81.0 Å². The average Bonchev–Trinajstić information content (AvgIpc) is 3.82. The number of carbonyl (C=O) groups excluding carboxylic acids is 2. The van der Waals surface area contributed by atoms with E-state index in [9.17, 15) is 9.59 Å². The largest absolute Gasteiger partial charge is 0.493 e. The van der Waals surface area contributed by atoms with Gasteiger partial charge in [0.2, 0.25) is 0 Å². The fourth-order valence-corrected chi connectivity index (χ4v) is 12.4. The van der Waals surface area contributed by atoms with Gasteiger partial charge in [0, 0.05) is 43.0 Å². The molecule has 14 heteroatoms. The number of carbonyl (C=O) groups is 2. The van der Waals surface area contributed by atoms with Crippen molar-refractivity contribution >= 4 is 70.2 Å². The van der Waals surface area contributed by atoms with Gasteiger partial charge in [-0.05, 0) is 60.8 Å². The first-order valence-electron chi connectivity index (χ1n) is 18.0. The molecule has 0 unspecified atom stereocenters. The summed E-state index contributed by atoms with van der Waals surface area (Å²) in [5, 5.41) is 0. The van der Waals surface area contributed by atoms with E-state index in [1.807, 2.05) is 56.8 Å². The Morgan fingerprint density at radius 2 is 1.04 bits per heavy atom. The number of rotatable bonds is 20. The maximum absolute atomic E-state index is 13.8. The van der Waals surface area contributed by atoms with E-state index in [1.54, 1.807) is 38.5 Å². The van der Waals surface area contributed by atoms with Gasteiger partial charge in [-0.1, -0.05) is 27.7 Å². The molecule has 0 spiro atoms.